The first-order chi connectivity index (χ1) is 23.5. The zero-order valence-electron chi connectivity index (χ0n) is 27.5. The third-order valence-electron chi connectivity index (χ3n) is 8.06. The van der Waals surface area contributed by atoms with E-state index in [4.69, 9.17) is 0 Å². The number of benzene rings is 6. The lowest BCUT2D eigenvalue weighted by molar-refractivity contribution is -0.0512. The number of aliphatic hydroxyl groups excluding tert-OH is 2. The van der Waals surface area contributed by atoms with Crippen LogP contribution in [-0.4, -0.2) is 20.0 Å². The highest BCUT2D eigenvalue weighted by Crippen LogP contribution is 2.43. The summed E-state index contributed by atoms with van der Waals surface area (Å²) in [5, 5.41) is 22.9. The Labute approximate surface area is 288 Å². The smallest absolute Gasteiger partial charge is 0.258 e. The van der Waals surface area contributed by atoms with Crippen LogP contribution in [0.1, 0.15) is 37.2 Å². The summed E-state index contributed by atoms with van der Waals surface area (Å²) in [5.41, 5.74) is 0.980. The van der Waals surface area contributed by atoms with Crippen molar-refractivity contribution in [2.24, 2.45) is 5.41 Å². The van der Waals surface area contributed by atoms with E-state index >= 15 is 0 Å². The summed E-state index contributed by atoms with van der Waals surface area (Å²) < 4.78 is 24.3. The van der Waals surface area contributed by atoms with Gasteiger partial charge in [0.05, 0.1) is 12.2 Å². The van der Waals surface area contributed by atoms with Crippen molar-refractivity contribution in [2.45, 2.75) is 26.1 Å². The van der Waals surface area contributed by atoms with Crippen molar-refractivity contribution in [1.82, 2.24) is 0 Å². The van der Waals surface area contributed by atoms with Crippen LogP contribution in [0.2, 0.25) is 0 Å². The monoisotopic (exact) mass is 692 g/mol. The summed E-state index contributed by atoms with van der Waals surface area (Å²) in [7, 11) is -6.79. The molecule has 0 aliphatic rings. The molecule has 8 heteroatoms. The SMILES string of the molecule is CC(C)(C(O)c1ccccc1)C(O)c1ccccc1.O=P(O)(c1ccccc1)c1ccccc1.O=P(O)(c1ccccc1)c1ccccc1. The molecule has 0 aliphatic heterocycles. The predicted molar refractivity (Wildman–Crippen MR) is 201 cm³/mol. The first-order valence-electron chi connectivity index (χ1n) is 15.8. The molecule has 4 N–H and O–H groups in total. The normalized spacial score (nSPS) is 12.7. The summed E-state index contributed by atoms with van der Waals surface area (Å²) in [5.74, 6) is 0. The first-order valence-corrected chi connectivity index (χ1v) is 19.1. The van der Waals surface area contributed by atoms with Crippen molar-refractivity contribution in [3.63, 3.8) is 0 Å². The minimum absolute atomic E-state index is 0.469. The van der Waals surface area contributed by atoms with E-state index in [2.05, 4.69) is 0 Å². The average Bonchev–Trinajstić information content (AvgIpc) is 3.17. The number of hydrogen-bond acceptors (Lipinski definition) is 4. The lowest BCUT2D eigenvalue weighted by Gasteiger charge is -2.35. The Morgan fingerprint density at radius 1 is 0.388 bits per heavy atom. The van der Waals surface area contributed by atoms with E-state index in [1.54, 1.807) is 97.1 Å². The molecular formula is C41H42O6P2. The van der Waals surface area contributed by atoms with E-state index < -0.39 is 32.4 Å². The maximum atomic E-state index is 12.2. The topological polar surface area (TPSA) is 115 Å². The Hall–Kier alpha value is -4.38. The van der Waals surface area contributed by atoms with E-state index in [1.165, 1.54) is 0 Å². The van der Waals surface area contributed by atoms with Crippen molar-refractivity contribution in [3.8, 4) is 0 Å². The highest BCUT2D eigenvalue weighted by Gasteiger charge is 2.37. The van der Waals surface area contributed by atoms with Gasteiger partial charge in [-0.05, 0) is 59.7 Å². The maximum absolute atomic E-state index is 12.2. The molecule has 0 fully saturated rings. The largest absolute Gasteiger partial charge is 0.388 e. The molecule has 6 aromatic carbocycles. The van der Waals surface area contributed by atoms with E-state index in [0.29, 0.717) is 21.2 Å². The summed E-state index contributed by atoms with van der Waals surface area (Å²) in [6.45, 7) is 3.75. The van der Waals surface area contributed by atoms with Crippen molar-refractivity contribution >= 4 is 36.0 Å². The van der Waals surface area contributed by atoms with Gasteiger partial charge in [-0.2, -0.15) is 0 Å². The van der Waals surface area contributed by atoms with E-state index in [9.17, 15) is 29.1 Å². The maximum Gasteiger partial charge on any atom is 0.258 e. The van der Waals surface area contributed by atoms with Crippen molar-refractivity contribution in [3.05, 3.63) is 193 Å². The summed E-state index contributed by atoms with van der Waals surface area (Å²) in [4.78, 5) is 20.0. The van der Waals surface area contributed by atoms with Crippen molar-refractivity contribution < 1.29 is 29.1 Å². The van der Waals surface area contributed by atoms with Crippen LogP contribution >= 0.6 is 14.7 Å². The third kappa shape index (κ3) is 9.84. The van der Waals surface area contributed by atoms with E-state index in [1.807, 2.05) is 98.8 Å². The van der Waals surface area contributed by atoms with Crippen LogP contribution in [0.4, 0.5) is 0 Å². The quantitative estimate of drug-likeness (QED) is 0.125. The second kappa shape index (κ2) is 17.3. The number of hydrogen-bond donors (Lipinski definition) is 4. The van der Waals surface area contributed by atoms with Crippen LogP contribution < -0.4 is 21.2 Å². The molecule has 0 saturated carbocycles. The molecule has 6 rings (SSSR count). The molecule has 0 aliphatic carbocycles. The van der Waals surface area contributed by atoms with Gasteiger partial charge in [-0.25, -0.2) is 0 Å². The molecule has 252 valence electrons. The Bertz CT molecular complexity index is 1690. The molecule has 49 heavy (non-hydrogen) atoms. The van der Waals surface area contributed by atoms with Gasteiger partial charge in [0.2, 0.25) is 0 Å². The Kier molecular flexibility index (Phi) is 13.2. The van der Waals surface area contributed by atoms with Gasteiger partial charge in [-0.15, -0.1) is 0 Å². The lowest BCUT2D eigenvalue weighted by atomic mass is 9.75. The summed E-state index contributed by atoms with van der Waals surface area (Å²) in [6, 6.07) is 53.7. The van der Waals surface area contributed by atoms with Gasteiger partial charge in [0.15, 0.2) is 0 Å². The zero-order valence-corrected chi connectivity index (χ0v) is 29.3. The van der Waals surface area contributed by atoms with Crippen LogP contribution in [0, 0.1) is 5.41 Å². The second-order valence-electron chi connectivity index (χ2n) is 11.9. The number of aliphatic hydroxyl groups is 2. The standard InChI is InChI=1S/C17H20O2.2C12H11O2P/c1-17(2,15(18)13-9-5-3-6-10-13)16(19)14-11-7-4-8-12-14;2*13-15(14,11-7-3-1-4-8-11)12-9-5-2-6-10-12/h3-12,15-16,18-19H,1-2H3;2*1-10H,(H,13,14). The van der Waals surface area contributed by atoms with Gasteiger partial charge in [-0.3, -0.25) is 9.13 Å². The molecule has 0 heterocycles. The summed E-state index contributed by atoms with van der Waals surface area (Å²) in [6.07, 6.45) is -1.44. The van der Waals surface area contributed by atoms with E-state index in [0.717, 1.165) is 11.1 Å². The van der Waals surface area contributed by atoms with Crippen LogP contribution in [0.25, 0.3) is 0 Å². The van der Waals surface area contributed by atoms with Crippen LogP contribution in [0.5, 0.6) is 0 Å². The highest BCUT2D eigenvalue weighted by atomic mass is 31.2. The minimum Gasteiger partial charge on any atom is -0.388 e. The molecule has 0 bridgehead atoms. The Balaban J connectivity index is 0.000000167. The van der Waals surface area contributed by atoms with Crippen molar-refractivity contribution in [1.29, 1.82) is 0 Å². The fraction of sp³-hybridized carbons (Fsp3) is 0.122. The highest BCUT2D eigenvalue weighted by molar-refractivity contribution is 7.73. The molecular weight excluding hydrogens is 650 g/mol. The summed E-state index contributed by atoms with van der Waals surface area (Å²) >= 11 is 0. The van der Waals surface area contributed by atoms with Gasteiger partial charge in [0, 0.05) is 26.6 Å². The van der Waals surface area contributed by atoms with Crippen LogP contribution in [0.15, 0.2) is 182 Å². The van der Waals surface area contributed by atoms with Crippen LogP contribution in [-0.2, 0) is 9.13 Å². The molecule has 0 amide bonds. The number of rotatable bonds is 8. The minimum atomic E-state index is -3.40. The molecule has 2 atom stereocenters. The lowest BCUT2D eigenvalue weighted by Crippen LogP contribution is -2.29. The molecule has 0 radical (unpaired) electrons. The zero-order chi connectivity index (χ0) is 35.3. The Morgan fingerprint density at radius 3 is 0.776 bits per heavy atom. The molecule has 6 aromatic rings. The molecule has 0 saturated heterocycles. The fourth-order valence-electron chi connectivity index (χ4n) is 5.10. The van der Waals surface area contributed by atoms with Crippen molar-refractivity contribution in [2.75, 3.05) is 0 Å². The van der Waals surface area contributed by atoms with Gasteiger partial charge in [0.1, 0.15) is 0 Å². The second-order valence-corrected chi connectivity index (χ2v) is 16.3. The van der Waals surface area contributed by atoms with E-state index in [-0.39, 0.29) is 0 Å². The van der Waals surface area contributed by atoms with Gasteiger partial charge < -0.3 is 20.0 Å². The molecule has 2 unspecified atom stereocenters. The predicted octanol–water partition coefficient (Wildman–Crippen LogP) is 7.30. The third-order valence-corrected chi connectivity index (χ3v) is 12.1. The van der Waals surface area contributed by atoms with Gasteiger partial charge in [-0.1, -0.05) is 147 Å². The molecule has 0 aromatic heterocycles. The average molecular weight is 693 g/mol. The molecule has 0 spiro atoms. The van der Waals surface area contributed by atoms with Crippen LogP contribution in [0.3, 0.4) is 0 Å². The first kappa shape index (κ1) is 37.4. The van der Waals surface area contributed by atoms with Gasteiger partial charge >= 0.3 is 0 Å². The van der Waals surface area contributed by atoms with Gasteiger partial charge in [0.25, 0.3) is 14.7 Å². The fourth-order valence-corrected chi connectivity index (χ4v) is 8.00. The molecule has 6 nitrogen and oxygen atoms in total. The Morgan fingerprint density at radius 2 is 0.571 bits per heavy atom.